The lowest BCUT2D eigenvalue weighted by molar-refractivity contribution is 0.0697. The number of likely N-dealkylation sites (tertiary alicyclic amines) is 1. The minimum atomic E-state index is -0.319. The van der Waals surface area contributed by atoms with Crippen LogP contribution in [0.4, 0.5) is 16.2 Å². The molecule has 1 heterocycles. The number of rotatable bonds is 3. The van der Waals surface area contributed by atoms with Crippen molar-refractivity contribution in [3.8, 4) is 0 Å². The summed E-state index contributed by atoms with van der Waals surface area (Å²) in [6.07, 6.45) is 2.09. The standard InChI is InChI=1S/C22H27N3O2/c1-15-10-12-25(13-11-15)21(26)18-7-5-8-19(14-18)23-22(27)24-20-9-4-6-16(2)17(20)3/h4-9,14-15H,10-13H2,1-3H3,(H2,23,24,27). The zero-order valence-electron chi connectivity index (χ0n) is 16.2. The van der Waals surface area contributed by atoms with Gasteiger partial charge < -0.3 is 15.5 Å². The maximum absolute atomic E-state index is 12.7. The molecule has 0 saturated carbocycles. The number of carbonyl (C=O) groups is 2. The van der Waals surface area contributed by atoms with Crippen LogP contribution in [0, 0.1) is 19.8 Å². The van der Waals surface area contributed by atoms with Gasteiger partial charge in [-0.25, -0.2) is 4.79 Å². The van der Waals surface area contributed by atoms with Crippen molar-refractivity contribution in [3.05, 3.63) is 59.2 Å². The van der Waals surface area contributed by atoms with Gasteiger partial charge in [0.25, 0.3) is 5.91 Å². The number of carbonyl (C=O) groups excluding carboxylic acids is 2. The number of hydrogen-bond donors (Lipinski definition) is 2. The highest BCUT2D eigenvalue weighted by Crippen LogP contribution is 2.21. The van der Waals surface area contributed by atoms with Gasteiger partial charge in [-0.05, 0) is 68.0 Å². The maximum atomic E-state index is 12.7. The van der Waals surface area contributed by atoms with Crippen LogP contribution in [0.15, 0.2) is 42.5 Å². The second kappa shape index (κ2) is 8.25. The molecule has 0 bridgehead atoms. The number of urea groups is 1. The van der Waals surface area contributed by atoms with Crippen LogP contribution in [0.25, 0.3) is 0 Å². The molecule has 1 saturated heterocycles. The third-order valence-corrected chi connectivity index (χ3v) is 5.29. The van der Waals surface area contributed by atoms with Gasteiger partial charge >= 0.3 is 6.03 Å². The minimum Gasteiger partial charge on any atom is -0.339 e. The SMILES string of the molecule is Cc1cccc(NC(=O)Nc2cccc(C(=O)N3CCC(C)CC3)c2)c1C. The predicted octanol–water partition coefficient (Wildman–Crippen LogP) is 4.82. The van der Waals surface area contributed by atoms with Gasteiger partial charge in [0.05, 0.1) is 0 Å². The number of piperidine rings is 1. The van der Waals surface area contributed by atoms with Crippen molar-refractivity contribution in [3.63, 3.8) is 0 Å². The molecule has 3 amide bonds. The minimum absolute atomic E-state index is 0.0282. The number of anilines is 2. The summed E-state index contributed by atoms with van der Waals surface area (Å²) in [6, 6.07) is 12.6. The molecule has 5 heteroatoms. The van der Waals surface area contributed by atoms with Crippen LogP contribution in [0.1, 0.15) is 41.3 Å². The Bertz CT molecular complexity index is 839. The molecule has 0 aromatic heterocycles. The molecule has 2 N–H and O–H groups in total. The summed E-state index contributed by atoms with van der Waals surface area (Å²) in [5.74, 6) is 0.705. The lowest BCUT2D eigenvalue weighted by Gasteiger charge is -2.30. The fourth-order valence-corrected chi connectivity index (χ4v) is 3.30. The van der Waals surface area contributed by atoms with E-state index in [0.717, 1.165) is 42.7 Å². The predicted molar refractivity (Wildman–Crippen MR) is 109 cm³/mol. The number of amides is 3. The average molecular weight is 365 g/mol. The monoisotopic (exact) mass is 365 g/mol. The second-order valence-corrected chi connectivity index (χ2v) is 7.38. The molecule has 1 aliphatic heterocycles. The van der Waals surface area contributed by atoms with Crippen molar-refractivity contribution in [1.29, 1.82) is 0 Å². The van der Waals surface area contributed by atoms with Gasteiger partial charge in [0, 0.05) is 30.0 Å². The normalized spacial score (nSPS) is 14.7. The van der Waals surface area contributed by atoms with E-state index >= 15 is 0 Å². The topological polar surface area (TPSA) is 61.4 Å². The molecule has 1 aliphatic rings. The van der Waals surface area contributed by atoms with E-state index in [4.69, 9.17) is 0 Å². The Morgan fingerprint density at radius 1 is 1.00 bits per heavy atom. The average Bonchev–Trinajstić information content (AvgIpc) is 2.66. The van der Waals surface area contributed by atoms with Crippen molar-refractivity contribution < 1.29 is 9.59 Å². The molecule has 0 aliphatic carbocycles. The maximum Gasteiger partial charge on any atom is 0.323 e. The van der Waals surface area contributed by atoms with Crippen LogP contribution in [0.2, 0.25) is 0 Å². The van der Waals surface area contributed by atoms with Crippen LogP contribution in [-0.4, -0.2) is 29.9 Å². The first kappa shape index (κ1) is 19.0. The third-order valence-electron chi connectivity index (χ3n) is 5.29. The Labute approximate surface area is 160 Å². The van der Waals surface area contributed by atoms with Crippen molar-refractivity contribution in [2.24, 2.45) is 5.92 Å². The molecule has 3 rings (SSSR count). The van der Waals surface area contributed by atoms with E-state index in [1.54, 1.807) is 24.3 Å². The Balaban J connectivity index is 1.65. The first-order valence-corrected chi connectivity index (χ1v) is 9.47. The molecular formula is C22H27N3O2. The Morgan fingerprint density at radius 2 is 1.70 bits per heavy atom. The molecule has 27 heavy (non-hydrogen) atoms. The summed E-state index contributed by atoms with van der Waals surface area (Å²) in [5.41, 5.74) is 4.15. The van der Waals surface area contributed by atoms with Crippen LogP contribution in [0.3, 0.4) is 0 Å². The smallest absolute Gasteiger partial charge is 0.323 e. The van der Waals surface area contributed by atoms with E-state index in [0.29, 0.717) is 17.2 Å². The van der Waals surface area contributed by atoms with Crippen molar-refractivity contribution in [2.45, 2.75) is 33.6 Å². The van der Waals surface area contributed by atoms with Gasteiger partial charge in [0.1, 0.15) is 0 Å². The van der Waals surface area contributed by atoms with Crippen molar-refractivity contribution in [1.82, 2.24) is 4.90 Å². The first-order chi connectivity index (χ1) is 12.9. The molecule has 2 aromatic carbocycles. The van der Waals surface area contributed by atoms with Gasteiger partial charge in [-0.3, -0.25) is 4.79 Å². The summed E-state index contributed by atoms with van der Waals surface area (Å²) >= 11 is 0. The molecule has 0 spiro atoms. The molecule has 5 nitrogen and oxygen atoms in total. The summed E-state index contributed by atoms with van der Waals surface area (Å²) in [6.45, 7) is 7.80. The highest BCUT2D eigenvalue weighted by atomic mass is 16.2. The van der Waals surface area contributed by atoms with E-state index in [1.165, 1.54) is 0 Å². The highest BCUT2D eigenvalue weighted by molar-refractivity contribution is 6.01. The third kappa shape index (κ3) is 4.67. The number of aryl methyl sites for hydroxylation is 1. The van der Waals surface area contributed by atoms with Gasteiger partial charge in [0.15, 0.2) is 0 Å². The van der Waals surface area contributed by atoms with E-state index in [2.05, 4.69) is 17.6 Å². The lowest BCUT2D eigenvalue weighted by Crippen LogP contribution is -2.37. The largest absolute Gasteiger partial charge is 0.339 e. The molecule has 0 atom stereocenters. The van der Waals surface area contributed by atoms with Crippen LogP contribution in [-0.2, 0) is 0 Å². The van der Waals surface area contributed by atoms with Crippen LogP contribution < -0.4 is 10.6 Å². The van der Waals surface area contributed by atoms with Crippen LogP contribution in [0.5, 0.6) is 0 Å². The molecule has 2 aromatic rings. The molecular weight excluding hydrogens is 338 g/mol. The van der Waals surface area contributed by atoms with E-state index < -0.39 is 0 Å². The summed E-state index contributed by atoms with van der Waals surface area (Å²) < 4.78 is 0. The van der Waals surface area contributed by atoms with E-state index in [-0.39, 0.29) is 11.9 Å². The van der Waals surface area contributed by atoms with Crippen LogP contribution >= 0.6 is 0 Å². The summed E-state index contributed by atoms with van der Waals surface area (Å²) in [5, 5.41) is 5.69. The van der Waals surface area contributed by atoms with Crippen molar-refractivity contribution >= 4 is 23.3 Å². The van der Waals surface area contributed by atoms with Crippen molar-refractivity contribution in [2.75, 3.05) is 23.7 Å². The zero-order valence-corrected chi connectivity index (χ0v) is 16.2. The number of nitrogens with zero attached hydrogens (tertiary/aromatic N) is 1. The number of nitrogens with one attached hydrogen (secondary N) is 2. The molecule has 0 unspecified atom stereocenters. The first-order valence-electron chi connectivity index (χ1n) is 9.47. The number of benzene rings is 2. The zero-order chi connectivity index (χ0) is 19.4. The quantitative estimate of drug-likeness (QED) is 0.819. The van der Waals surface area contributed by atoms with Gasteiger partial charge in [-0.2, -0.15) is 0 Å². The highest BCUT2D eigenvalue weighted by Gasteiger charge is 2.21. The van der Waals surface area contributed by atoms with Gasteiger partial charge in [-0.1, -0.05) is 25.1 Å². The summed E-state index contributed by atoms with van der Waals surface area (Å²) in [4.78, 5) is 27.0. The molecule has 0 radical (unpaired) electrons. The molecule has 142 valence electrons. The van der Waals surface area contributed by atoms with E-state index in [9.17, 15) is 9.59 Å². The fraction of sp³-hybridized carbons (Fsp3) is 0.364. The Hall–Kier alpha value is -2.82. The Kier molecular flexibility index (Phi) is 5.79. The number of hydrogen-bond acceptors (Lipinski definition) is 2. The van der Waals surface area contributed by atoms with E-state index in [1.807, 2.05) is 36.9 Å². The fourth-order valence-electron chi connectivity index (χ4n) is 3.30. The van der Waals surface area contributed by atoms with Gasteiger partial charge in [0.2, 0.25) is 0 Å². The Morgan fingerprint density at radius 3 is 2.44 bits per heavy atom. The lowest BCUT2D eigenvalue weighted by atomic mass is 9.98. The second-order valence-electron chi connectivity index (χ2n) is 7.38. The molecule has 1 fully saturated rings. The van der Waals surface area contributed by atoms with Gasteiger partial charge in [-0.15, -0.1) is 0 Å². The summed E-state index contributed by atoms with van der Waals surface area (Å²) in [7, 11) is 0.